The van der Waals surface area contributed by atoms with E-state index < -0.39 is 0 Å². The molecule has 0 spiro atoms. The number of rotatable bonds is 3. The number of nitrogens with zero attached hydrogens (tertiary/aromatic N) is 3. The molecule has 0 saturated carbocycles. The van der Waals surface area contributed by atoms with Gasteiger partial charge in [-0.1, -0.05) is 26.0 Å². The highest BCUT2D eigenvalue weighted by molar-refractivity contribution is 5.93. The van der Waals surface area contributed by atoms with Crippen LogP contribution in [0, 0.1) is 0 Å². The largest absolute Gasteiger partial charge is 0.465 e. The first-order valence-corrected chi connectivity index (χ1v) is 5.72. The predicted octanol–water partition coefficient (Wildman–Crippen LogP) is 2.18. The van der Waals surface area contributed by atoms with Crippen LogP contribution in [0.5, 0.6) is 0 Å². The number of hydrogen-bond acceptors (Lipinski definition) is 4. The van der Waals surface area contributed by atoms with Crippen molar-refractivity contribution in [3.63, 3.8) is 0 Å². The molecule has 0 aliphatic carbocycles. The van der Waals surface area contributed by atoms with Crippen LogP contribution in [-0.4, -0.2) is 27.8 Å². The SMILES string of the molecule is COC(=O)c1ccccc1-n1cnnc1C(C)C. The van der Waals surface area contributed by atoms with E-state index in [0.29, 0.717) is 5.56 Å². The summed E-state index contributed by atoms with van der Waals surface area (Å²) in [5, 5.41) is 7.99. The van der Waals surface area contributed by atoms with E-state index >= 15 is 0 Å². The third kappa shape index (κ3) is 2.11. The maximum atomic E-state index is 11.7. The second-order valence-electron chi connectivity index (χ2n) is 4.22. The summed E-state index contributed by atoms with van der Waals surface area (Å²) in [6.07, 6.45) is 1.61. The normalized spacial score (nSPS) is 10.7. The summed E-state index contributed by atoms with van der Waals surface area (Å²) in [7, 11) is 1.37. The molecule has 2 rings (SSSR count). The van der Waals surface area contributed by atoms with Gasteiger partial charge in [0.1, 0.15) is 12.2 Å². The monoisotopic (exact) mass is 245 g/mol. The zero-order chi connectivity index (χ0) is 13.1. The molecule has 94 valence electrons. The molecule has 2 aromatic rings. The van der Waals surface area contributed by atoms with Crippen molar-refractivity contribution >= 4 is 5.97 Å². The smallest absolute Gasteiger partial charge is 0.339 e. The van der Waals surface area contributed by atoms with Crippen LogP contribution in [0.4, 0.5) is 0 Å². The van der Waals surface area contributed by atoms with Crippen LogP contribution in [0.2, 0.25) is 0 Å². The summed E-state index contributed by atoms with van der Waals surface area (Å²) >= 11 is 0. The Morgan fingerprint density at radius 2 is 2.06 bits per heavy atom. The Labute approximate surface area is 105 Å². The topological polar surface area (TPSA) is 57.0 Å². The molecule has 1 aromatic carbocycles. The lowest BCUT2D eigenvalue weighted by Crippen LogP contribution is -2.10. The third-order valence-corrected chi connectivity index (χ3v) is 2.66. The first kappa shape index (κ1) is 12.3. The Kier molecular flexibility index (Phi) is 3.41. The van der Waals surface area contributed by atoms with Gasteiger partial charge in [0, 0.05) is 5.92 Å². The Bertz CT molecular complexity index is 561. The van der Waals surface area contributed by atoms with Gasteiger partial charge in [0.15, 0.2) is 0 Å². The highest BCUT2D eigenvalue weighted by Gasteiger charge is 2.16. The van der Waals surface area contributed by atoms with Crippen LogP contribution in [0.1, 0.15) is 35.9 Å². The van der Waals surface area contributed by atoms with E-state index in [1.165, 1.54) is 7.11 Å². The van der Waals surface area contributed by atoms with Gasteiger partial charge in [-0.3, -0.25) is 4.57 Å². The minimum Gasteiger partial charge on any atom is -0.465 e. The van der Waals surface area contributed by atoms with Crippen molar-refractivity contribution in [3.05, 3.63) is 42.0 Å². The van der Waals surface area contributed by atoms with E-state index in [1.807, 2.05) is 30.5 Å². The number of carbonyl (C=O) groups excluding carboxylic acids is 1. The van der Waals surface area contributed by atoms with E-state index in [0.717, 1.165) is 11.5 Å². The number of carbonyl (C=O) groups is 1. The Morgan fingerprint density at radius 3 is 2.72 bits per heavy atom. The average Bonchev–Trinajstić information content (AvgIpc) is 2.87. The zero-order valence-corrected chi connectivity index (χ0v) is 10.6. The molecule has 0 amide bonds. The minimum atomic E-state index is -0.367. The number of aromatic nitrogens is 3. The Morgan fingerprint density at radius 1 is 1.33 bits per heavy atom. The maximum absolute atomic E-state index is 11.7. The molecular formula is C13H15N3O2. The highest BCUT2D eigenvalue weighted by atomic mass is 16.5. The quantitative estimate of drug-likeness (QED) is 0.778. The van der Waals surface area contributed by atoms with Gasteiger partial charge < -0.3 is 4.74 Å². The molecule has 0 aliphatic rings. The second kappa shape index (κ2) is 5.00. The molecule has 0 unspecified atom stereocenters. The van der Waals surface area contributed by atoms with Gasteiger partial charge in [0.25, 0.3) is 0 Å². The lowest BCUT2D eigenvalue weighted by Gasteiger charge is -2.12. The fourth-order valence-corrected chi connectivity index (χ4v) is 1.79. The summed E-state index contributed by atoms with van der Waals surface area (Å²) in [5.74, 6) is 0.665. The molecule has 1 aromatic heterocycles. The van der Waals surface area contributed by atoms with Gasteiger partial charge in [0.05, 0.1) is 18.4 Å². The molecule has 0 N–H and O–H groups in total. The maximum Gasteiger partial charge on any atom is 0.339 e. The fraction of sp³-hybridized carbons (Fsp3) is 0.308. The van der Waals surface area contributed by atoms with Crippen molar-refractivity contribution in [2.75, 3.05) is 7.11 Å². The van der Waals surface area contributed by atoms with E-state index in [4.69, 9.17) is 4.74 Å². The summed E-state index contributed by atoms with van der Waals surface area (Å²) in [4.78, 5) is 11.7. The number of benzene rings is 1. The van der Waals surface area contributed by atoms with Gasteiger partial charge in [-0.05, 0) is 12.1 Å². The fourth-order valence-electron chi connectivity index (χ4n) is 1.79. The molecule has 5 heteroatoms. The average molecular weight is 245 g/mol. The van der Waals surface area contributed by atoms with Gasteiger partial charge in [-0.2, -0.15) is 0 Å². The van der Waals surface area contributed by atoms with E-state index in [1.54, 1.807) is 18.5 Å². The Hall–Kier alpha value is -2.17. The van der Waals surface area contributed by atoms with Crippen LogP contribution >= 0.6 is 0 Å². The molecule has 5 nitrogen and oxygen atoms in total. The number of para-hydroxylation sites is 1. The van der Waals surface area contributed by atoms with Crippen molar-refractivity contribution < 1.29 is 9.53 Å². The van der Waals surface area contributed by atoms with Crippen molar-refractivity contribution in [2.45, 2.75) is 19.8 Å². The highest BCUT2D eigenvalue weighted by Crippen LogP contribution is 2.20. The van der Waals surface area contributed by atoms with E-state index in [-0.39, 0.29) is 11.9 Å². The molecule has 0 aliphatic heterocycles. The molecule has 0 radical (unpaired) electrons. The first-order chi connectivity index (χ1) is 8.65. The summed E-state index contributed by atoms with van der Waals surface area (Å²) in [5.41, 5.74) is 1.24. The van der Waals surface area contributed by atoms with Crippen molar-refractivity contribution in [1.29, 1.82) is 0 Å². The first-order valence-electron chi connectivity index (χ1n) is 5.72. The number of ether oxygens (including phenoxy) is 1. The van der Waals surface area contributed by atoms with Gasteiger partial charge >= 0.3 is 5.97 Å². The van der Waals surface area contributed by atoms with Crippen molar-refractivity contribution in [1.82, 2.24) is 14.8 Å². The lowest BCUT2D eigenvalue weighted by atomic mass is 10.1. The number of methoxy groups -OCH3 is 1. The number of esters is 1. The van der Waals surface area contributed by atoms with Crippen LogP contribution in [0.3, 0.4) is 0 Å². The lowest BCUT2D eigenvalue weighted by molar-refractivity contribution is 0.0600. The molecule has 0 bridgehead atoms. The van der Waals surface area contributed by atoms with Crippen LogP contribution in [0.15, 0.2) is 30.6 Å². The summed E-state index contributed by atoms with van der Waals surface area (Å²) < 4.78 is 6.60. The molecule has 0 atom stereocenters. The molecule has 0 fully saturated rings. The zero-order valence-electron chi connectivity index (χ0n) is 10.6. The molecular weight excluding hydrogens is 230 g/mol. The Balaban J connectivity index is 2.57. The molecule has 18 heavy (non-hydrogen) atoms. The summed E-state index contributed by atoms with van der Waals surface area (Å²) in [6.45, 7) is 4.06. The van der Waals surface area contributed by atoms with Gasteiger partial charge in [-0.25, -0.2) is 4.79 Å². The minimum absolute atomic E-state index is 0.221. The van der Waals surface area contributed by atoms with Gasteiger partial charge in [0.2, 0.25) is 0 Å². The van der Waals surface area contributed by atoms with Crippen molar-refractivity contribution in [3.8, 4) is 5.69 Å². The van der Waals surface area contributed by atoms with Crippen molar-refractivity contribution in [2.24, 2.45) is 0 Å². The third-order valence-electron chi connectivity index (χ3n) is 2.66. The van der Waals surface area contributed by atoms with Crippen LogP contribution in [0.25, 0.3) is 5.69 Å². The molecule has 1 heterocycles. The predicted molar refractivity (Wildman–Crippen MR) is 66.8 cm³/mol. The van der Waals surface area contributed by atoms with Crippen LogP contribution in [-0.2, 0) is 4.74 Å². The second-order valence-corrected chi connectivity index (χ2v) is 4.22. The standard InChI is InChI=1S/C13H15N3O2/c1-9(2)12-15-14-8-16(12)11-7-5-4-6-10(11)13(17)18-3/h4-9H,1-3H3. The molecule has 0 saturated heterocycles. The van der Waals surface area contributed by atoms with E-state index in [2.05, 4.69) is 10.2 Å². The number of hydrogen-bond donors (Lipinski definition) is 0. The summed E-state index contributed by atoms with van der Waals surface area (Å²) in [6, 6.07) is 7.24. The van der Waals surface area contributed by atoms with E-state index in [9.17, 15) is 4.79 Å². The van der Waals surface area contributed by atoms with Crippen LogP contribution < -0.4 is 0 Å². The van der Waals surface area contributed by atoms with Gasteiger partial charge in [-0.15, -0.1) is 10.2 Å².